The lowest BCUT2D eigenvalue weighted by Crippen LogP contribution is -2.61. The molecule has 6 fully saturated rings. The predicted octanol–water partition coefficient (Wildman–Crippen LogP) is 4.45. The lowest BCUT2D eigenvalue weighted by molar-refractivity contribution is -0.318. The summed E-state index contributed by atoms with van der Waals surface area (Å²) in [4.78, 5) is 37.0. The van der Waals surface area contributed by atoms with Gasteiger partial charge in [-0.1, -0.05) is 53.6 Å². The van der Waals surface area contributed by atoms with Crippen molar-refractivity contribution in [2.24, 2.45) is 51.6 Å². The number of oxime groups is 1. The van der Waals surface area contributed by atoms with Crippen LogP contribution in [0.15, 0.2) is 10.1 Å². The zero-order valence-corrected chi connectivity index (χ0v) is 66.4. The average molecular weight is 1480 g/mol. The van der Waals surface area contributed by atoms with Gasteiger partial charge >= 0.3 is 11.9 Å². The number of carbonyl (C=O) groups is 2. The molecule has 0 aromatic rings. The van der Waals surface area contributed by atoms with Crippen LogP contribution in [0.4, 0.5) is 0 Å². The highest BCUT2D eigenvalue weighted by Gasteiger charge is 2.59. The van der Waals surface area contributed by atoms with E-state index in [0.29, 0.717) is 25.2 Å². The highest BCUT2D eigenvalue weighted by Crippen LogP contribution is 2.45. The van der Waals surface area contributed by atoms with E-state index >= 15 is 0 Å². The molecule has 10 N–H and O–H groups in total. The van der Waals surface area contributed by atoms with Gasteiger partial charge in [-0.05, 0) is 150 Å². The summed E-state index contributed by atoms with van der Waals surface area (Å²) in [6.45, 7) is 34.4. The average Bonchev–Trinajstić information content (AvgIpc) is 1.75. The van der Waals surface area contributed by atoms with Gasteiger partial charge in [-0.25, -0.2) is 0 Å². The van der Waals surface area contributed by atoms with E-state index < -0.39 is 204 Å². The molecule has 2 bridgehead atoms. The number of esters is 2. The molecule has 0 saturated carbocycles. The van der Waals surface area contributed by atoms with Gasteiger partial charge < -0.3 is 123 Å². The maximum atomic E-state index is 14.2. The Labute approximate surface area is 611 Å². The molecular weight excluding hydrogens is 1340 g/mol. The number of aliphatic imine (C=N–C) groups is 1. The van der Waals surface area contributed by atoms with Crippen molar-refractivity contribution < 1.29 is 122 Å². The van der Waals surface area contributed by atoms with Gasteiger partial charge in [0.2, 0.25) is 0 Å². The third-order valence-electron chi connectivity index (χ3n) is 23.9. The van der Waals surface area contributed by atoms with Gasteiger partial charge in [-0.15, -0.1) is 0 Å². The number of rotatable bonds is 14. The summed E-state index contributed by atoms with van der Waals surface area (Å²) in [5.41, 5.74) is -8.57. The first-order valence-electron chi connectivity index (χ1n) is 37.4. The highest BCUT2D eigenvalue weighted by molar-refractivity contribution is 5.88. The number of nitrogens with zero attached hydrogens (tertiary/aromatic N) is 4. The Morgan fingerprint density at radius 1 is 0.524 bits per heavy atom. The fourth-order valence-electron chi connectivity index (χ4n) is 17.3. The van der Waals surface area contributed by atoms with Crippen molar-refractivity contribution in [1.82, 2.24) is 9.80 Å². The number of likely N-dealkylation sites (N-methyl/N-ethyl adjacent to an activating group) is 2. The van der Waals surface area contributed by atoms with Gasteiger partial charge in [-0.3, -0.25) is 14.6 Å². The SMILES string of the molecule is CC[C@H]1OC(=O)[C@H](C)[C@@H](O[C@H]2C[C@@](C)(OC)[C@@H](O)[C@H](C)O2)[C@H](C)[C@@H](O[C@@H]2O[C@H](C)C[C@H](N(C)C)[C@H]2O)[C@@](C)(O)C[C@@H](C)/C(=N/O)[C@H](C)[C@@H](O)[C@]1(C)O.CC[C@H]1OC(=O)[C@H](C)[C@@H](O[C@H]2C[C@@](C)(OC)[C@@H](O)[C@H](C)O2)[C@H](C)[C@@H](O[C@@H]2O[C@H](C)C[C@H](N(C)C)[C@H]2O)[C@@](C)(O)C[C@@H](C)N=C2O[C@]1(C)[C@H](O)[C@H]2C. The molecule has 0 unspecified atom stereocenters. The fourth-order valence-corrected chi connectivity index (χ4v) is 17.3. The smallest absolute Gasteiger partial charge is 0.311 e. The first-order valence-corrected chi connectivity index (χ1v) is 37.4. The van der Waals surface area contributed by atoms with Crippen molar-refractivity contribution in [1.29, 1.82) is 0 Å². The van der Waals surface area contributed by atoms with Crippen LogP contribution in [0, 0.1) is 41.4 Å². The van der Waals surface area contributed by atoms with Crippen molar-refractivity contribution in [2.45, 2.75) is 364 Å². The molecular formula is C74H134N4O25. The molecule has 7 aliphatic rings. The zero-order valence-electron chi connectivity index (χ0n) is 66.4. The van der Waals surface area contributed by atoms with Crippen LogP contribution in [0.5, 0.6) is 0 Å². The first kappa shape index (κ1) is 88.9. The number of aliphatic hydroxyl groups excluding tert-OH is 6. The molecule has 36 atom stereocenters. The number of ether oxygens (including phenoxy) is 13. The van der Waals surface area contributed by atoms with E-state index in [9.17, 15) is 60.8 Å². The Morgan fingerprint density at radius 3 is 1.30 bits per heavy atom. The molecule has 7 rings (SSSR count). The third kappa shape index (κ3) is 19.6. The number of aliphatic hydroxyl groups is 9. The number of methoxy groups -OCH3 is 2. The largest absolute Gasteiger partial charge is 0.468 e. The van der Waals surface area contributed by atoms with E-state index in [4.69, 9.17) is 66.6 Å². The van der Waals surface area contributed by atoms with Crippen LogP contribution in [0.1, 0.15) is 190 Å². The molecule has 0 aromatic heterocycles. The molecule has 6 saturated heterocycles. The van der Waals surface area contributed by atoms with Crippen molar-refractivity contribution in [2.75, 3.05) is 42.4 Å². The molecule has 600 valence electrons. The monoisotopic (exact) mass is 1480 g/mol. The second kappa shape index (κ2) is 35.4. The number of carbonyl (C=O) groups excluding carboxylic acids is 2. The summed E-state index contributed by atoms with van der Waals surface area (Å²) in [6, 6.07) is -1.09. The molecule has 0 aromatic carbocycles. The molecule has 0 radical (unpaired) electrons. The van der Waals surface area contributed by atoms with Gasteiger partial charge in [0.25, 0.3) is 0 Å². The lowest BCUT2D eigenvalue weighted by Gasteiger charge is -2.49. The van der Waals surface area contributed by atoms with E-state index in [2.05, 4.69) is 5.16 Å². The van der Waals surface area contributed by atoms with Crippen LogP contribution in [0.2, 0.25) is 0 Å². The maximum Gasteiger partial charge on any atom is 0.311 e. The highest BCUT2D eigenvalue weighted by atomic mass is 16.7. The predicted molar refractivity (Wildman–Crippen MR) is 378 cm³/mol. The Kier molecular flexibility index (Phi) is 30.5. The van der Waals surface area contributed by atoms with Gasteiger partial charge in [-0.2, -0.15) is 0 Å². The minimum Gasteiger partial charge on any atom is -0.468 e. The van der Waals surface area contributed by atoms with E-state index in [-0.39, 0.29) is 62.1 Å². The van der Waals surface area contributed by atoms with Crippen molar-refractivity contribution in [3.05, 3.63) is 0 Å². The van der Waals surface area contributed by atoms with Crippen LogP contribution < -0.4 is 0 Å². The first-order chi connectivity index (χ1) is 47.6. The van der Waals surface area contributed by atoms with Gasteiger partial charge in [0, 0.05) is 69.2 Å². The van der Waals surface area contributed by atoms with Gasteiger partial charge in [0.1, 0.15) is 48.3 Å². The van der Waals surface area contributed by atoms with Crippen LogP contribution in [-0.4, -0.2) is 301 Å². The Balaban J connectivity index is 0.000000324. The molecule has 0 aliphatic carbocycles. The second-order valence-electron chi connectivity index (χ2n) is 33.1. The zero-order chi connectivity index (χ0) is 78.0. The van der Waals surface area contributed by atoms with E-state index in [1.807, 2.05) is 79.5 Å². The van der Waals surface area contributed by atoms with Crippen LogP contribution >= 0.6 is 0 Å². The summed E-state index contributed by atoms with van der Waals surface area (Å²) in [6.07, 6.45) is -17.1. The van der Waals surface area contributed by atoms with Crippen molar-refractivity contribution in [3.8, 4) is 0 Å². The van der Waals surface area contributed by atoms with Crippen LogP contribution in [0.3, 0.4) is 0 Å². The van der Waals surface area contributed by atoms with Gasteiger partial charge in [0.05, 0.1) is 107 Å². The standard InChI is InChI=1S/C37H68N2O13.C37H66N2O12/c1-14-25-37(10,45)30(41)20(4)27(38-46)18(2)16-35(8,44)32(52-34-28(40)24(39(11)12)15-19(3)48-34)21(5)29(22(6)33(43)50-25)51-26-17-36(9,47-13)31(42)23(7)49-26;1-14-25-37(10)29(41)22(6)32(51-37)38-18(2)16-35(8,44)31(50-34-27(40)24(39(11)12)15-19(3)46-34)20(4)28(21(5)33(43)48-25)49-26-17-36(9,45-13)30(42)23(7)47-26/h18-26,28-32,34,40-42,44-46H,14-17H2,1-13H3;18-31,34,40-42,44H,14-17H2,1-13H3/b38-27-;/t18-,19-,20+,21+,22-,23+,24+,25-,26+,28-,29+,30-,31+,32-,34+,35+,36-,37-;18-,19-,20+,21-,22-,23+,24+,25-,26+,27-,28+,29-,30+,31-,34+,35+,36-,37+/m11/s1. The lowest BCUT2D eigenvalue weighted by atomic mass is 9.73. The maximum absolute atomic E-state index is 14.2. The van der Waals surface area contributed by atoms with Crippen LogP contribution in [-0.2, 0) is 71.2 Å². The molecule has 0 amide bonds. The quantitative estimate of drug-likeness (QED) is 0.0652. The molecule has 7 aliphatic heterocycles. The normalized spacial score (nSPS) is 50.0. The van der Waals surface area contributed by atoms with E-state index in [0.717, 1.165) is 0 Å². The Bertz CT molecular complexity index is 2780. The molecule has 7 heterocycles. The molecule has 29 heteroatoms. The minimum absolute atomic E-state index is 0.0657. The molecule has 0 spiro atoms. The summed E-state index contributed by atoms with van der Waals surface area (Å²) >= 11 is 0. The van der Waals surface area contributed by atoms with Crippen molar-refractivity contribution in [3.63, 3.8) is 0 Å². The number of hydrogen-bond donors (Lipinski definition) is 10. The van der Waals surface area contributed by atoms with E-state index in [1.54, 1.807) is 90.0 Å². The summed E-state index contributed by atoms with van der Waals surface area (Å²) in [5.74, 6) is -6.70. The number of fused-ring (bicyclic) bond motifs is 2. The second-order valence-corrected chi connectivity index (χ2v) is 33.1. The summed E-state index contributed by atoms with van der Waals surface area (Å²) < 4.78 is 81.2. The topological polar surface area (TPSA) is 388 Å². The Morgan fingerprint density at radius 2 is 0.922 bits per heavy atom. The molecule has 29 nitrogen and oxygen atoms in total. The number of cyclic esters (lactones) is 2. The van der Waals surface area contributed by atoms with Crippen molar-refractivity contribution >= 4 is 23.5 Å². The number of hydrogen-bond acceptors (Lipinski definition) is 29. The third-order valence-corrected chi connectivity index (χ3v) is 23.9. The Hall–Kier alpha value is -2.96. The van der Waals surface area contributed by atoms with Gasteiger partial charge in [0.15, 0.2) is 36.7 Å². The minimum atomic E-state index is -1.97. The molecule has 103 heavy (non-hydrogen) atoms. The van der Waals surface area contributed by atoms with E-state index in [1.165, 1.54) is 21.1 Å². The fraction of sp³-hybridized carbons (Fsp3) is 0.946. The van der Waals surface area contributed by atoms with Crippen LogP contribution in [0.25, 0.3) is 0 Å². The summed E-state index contributed by atoms with van der Waals surface area (Å²) in [7, 11) is 10.5. The summed E-state index contributed by atoms with van der Waals surface area (Å²) in [5, 5.41) is 118.